The molecule has 1 radical (unpaired) electrons. The minimum atomic E-state index is 0.370. The van der Waals surface area contributed by atoms with E-state index in [0.717, 1.165) is 19.6 Å². The van der Waals surface area contributed by atoms with E-state index in [9.17, 15) is 0 Å². The number of ether oxygens (including phenoxy) is 2. The van der Waals surface area contributed by atoms with Crippen LogP contribution >= 0.6 is 0 Å². The first-order chi connectivity index (χ1) is 4.31. The summed E-state index contributed by atoms with van der Waals surface area (Å²) in [5, 5.41) is 0. The predicted octanol–water partition coefficient (Wildman–Crippen LogP) is 1.12. The number of rotatable bonds is 5. The Morgan fingerprint density at radius 2 is 2.00 bits per heavy atom. The van der Waals surface area contributed by atoms with Crippen molar-refractivity contribution < 1.29 is 9.47 Å². The van der Waals surface area contributed by atoms with Crippen LogP contribution in [0, 0.1) is 12.8 Å². The van der Waals surface area contributed by atoms with Crippen LogP contribution in [0.5, 0.6) is 0 Å². The zero-order chi connectivity index (χ0) is 7.11. The Kier molecular flexibility index (Phi) is 5.99. The van der Waals surface area contributed by atoms with E-state index in [0.29, 0.717) is 5.92 Å². The van der Waals surface area contributed by atoms with E-state index in [2.05, 4.69) is 6.92 Å². The second-order valence-corrected chi connectivity index (χ2v) is 2.10. The van der Waals surface area contributed by atoms with Gasteiger partial charge < -0.3 is 9.47 Å². The monoisotopic (exact) mass is 131 g/mol. The highest BCUT2D eigenvalue weighted by molar-refractivity contribution is 4.58. The largest absolute Gasteiger partial charge is 0.385 e. The molecule has 9 heavy (non-hydrogen) atoms. The van der Waals surface area contributed by atoms with Gasteiger partial charge in [-0.05, 0) is 19.3 Å². The van der Waals surface area contributed by atoms with E-state index >= 15 is 0 Å². The molecule has 0 aliphatic carbocycles. The molecule has 0 N–H and O–H groups in total. The fourth-order valence-electron chi connectivity index (χ4n) is 0.604. The fourth-order valence-corrected chi connectivity index (χ4v) is 0.604. The standard InChI is InChI=1S/C7H15O2/c1-7(6-9-3)4-5-8-2/h7H,1,4-6H2,2-3H3. The smallest absolute Gasteiger partial charge is 0.0491 e. The van der Waals surface area contributed by atoms with Gasteiger partial charge in [0.1, 0.15) is 0 Å². The second-order valence-electron chi connectivity index (χ2n) is 2.10. The number of hydrogen-bond acceptors (Lipinski definition) is 2. The third-order valence-corrected chi connectivity index (χ3v) is 1.13. The Hall–Kier alpha value is -0.0800. The topological polar surface area (TPSA) is 18.5 Å². The maximum atomic E-state index is 4.88. The molecule has 0 aromatic heterocycles. The molecule has 0 spiro atoms. The Labute approximate surface area is 57.2 Å². The van der Waals surface area contributed by atoms with E-state index in [1.165, 1.54) is 0 Å². The summed E-state index contributed by atoms with van der Waals surface area (Å²) < 4.78 is 9.75. The molecule has 0 aliphatic rings. The molecule has 0 aromatic carbocycles. The number of hydrogen-bond donors (Lipinski definition) is 0. The summed E-state index contributed by atoms with van der Waals surface area (Å²) in [6.45, 7) is 5.36. The lowest BCUT2D eigenvalue weighted by Gasteiger charge is -2.07. The van der Waals surface area contributed by atoms with Gasteiger partial charge in [-0.25, -0.2) is 0 Å². The second kappa shape index (κ2) is 6.05. The van der Waals surface area contributed by atoms with E-state index < -0.39 is 0 Å². The van der Waals surface area contributed by atoms with Gasteiger partial charge in [0.05, 0.1) is 0 Å². The van der Waals surface area contributed by atoms with Gasteiger partial charge in [-0.15, -0.1) is 0 Å². The molecule has 0 saturated carbocycles. The third kappa shape index (κ3) is 5.80. The SMILES string of the molecule is [CH2]C(CCOC)COC. The van der Waals surface area contributed by atoms with Gasteiger partial charge in [0.15, 0.2) is 0 Å². The molecule has 0 amide bonds. The molecule has 1 atom stereocenters. The van der Waals surface area contributed by atoms with Gasteiger partial charge in [-0.3, -0.25) is 0 Å². The van der Waals surface area contributed by atoms with Crippen LogP contribution in [0.4, 0.5) is 0 Å². The zero-order valence-electron chi connectivity index (χ0n) is 6.22. The quantitative estimate of drug-likeness (QED) is 0.556. The summed E-state index contributed by atoms with van der Waals surface area (Å²) in [6, 6.07) is 0. The average Bonchev–Trinajstić information content (AvgIpc) is 1.85. The summed E-state index contributed by atoms with van der Waals surface area (Å²) in [6.07, 6.45) is 0.977. The molecular weight excluding hydrogens is 116 g/mol. The van der Waals surface area contributed by atoms with Crippen LogP contribution in [0.25, 0.3) is 0 Å². The summed E-state index contributed by atoms with van der Waals surface area (Å²) >= 11 is 0. The van der Waals surface area contributed by atoms with Crippen molar-refractivity contribution in [2.75, 3.05) is 27.4 Å². The van der Waals surface area contributed by atoms with Gasteiger partial charge in [-0.1, -0.05) is 0 Å². The van der Waals surface area contributed by atoms with Crippen molar-refractivity contribution in [1.29, 1.82) is 0 Å². The van der Waals surface area contributed by atoms with Crippen molar-refractivity contribution in [2.45, 2.75) is 6.42 Å². The van der Waals surface area contributed by atoms with Crippen LogP contribution in [-0.4, -0.2) is 27.4 Å². The van der Waals surface area contributed by atoms with Crippen LogP contribution < -0.4 is 0 Å². The lowest BCUT2D eigenvalue weighted by molar-refractivity contribution is 0.134. The predicted molar refractivity (Wildman–Crippen MR) is 37.2 cm³/mol. The lowest BCUT2D eigenvalue weighted by atomic mass is 10.1. The minimum Gasteiger partial charge on any atom is -0.385 e. The van der Waals surface area contributed by atoms with Crippen molar-refractivity contribution in [3.05, 3.63) is 6.92 Å². The van der Waals surface area contributed by atoms with Crippen LogP contribution in [0.1, 0.15) is 6.42 Å². The summed E-state index contributed by atoms with van der Waals surface area (Å²) in [5.41, 5.74) is 0. The minimum absolute atomic E-state index is 0.370. The highest BCUT2D eigenvalue weighted by Gasteiger charge is 1.98. The van der Waals surface area contributed by atoms with E-state index in [1.54, 1.807) is 14.2 Å². The Morgan fingerprint density at radius 3 is 2.44 bits per heavy atom. The van der Waals surface area contributed by atoms with Crippen molar-refractivity contribution in [1.82, 2.24) is 0 Å². The Bertz CT molecular complexity index is 54.9. The molecular formula is C7H15O2. The molecule has 0 heterocycles. The highest BCUT2D eigenvalue weighted by Crippen LogP contribution is 1.99. The van der Waals surface area contributed by atoms with Gasteiger partial charge in [-0.2, -0.15) is 0 Å². The molecule has 0 aromatic rings. The molecule has 1 unspecified atom stereocenters. The molecule has 0 aliphatic heterocycles. The molecule has 0 bridgehead atoms. The molecule has 0 saturated heterocycles. The van der Waals surface area contributed by atoms with Crippen LogP contribution in [-0.2, 0) is 9.47 Å². The van der Waals surface area contributed by atoms with Gasteiger partial charge in [0, 0.05) is 27.4 Å². The van der Waals surface area contributed by atoms with E-state index in [4.69, 9.17) is 9.47 Å². The summed E-state index contributed by atoms with van der Waals surface area (Å²) in [7, 11) is 3.38. The molecule has 55 valence electrons. The molecule has 2 heteroatoms. The molecule has 0 rings (SSSR count). The maximum absolute atomic E-state index is 4.88. The maximum Gasteiger partial charge on any atom is 0.0491 e. The normalized spacial score (nSPS) is 13.7. The first-order valence-electron chi connectivity index (χ1n) is 3.12. The summed E-state index contributed by atoms with van der Waals surface area (Å²) in [4.78, 5) is 0. The fraction of sp³-hybridized carbons (Fsp3) is 0.857. The highest BCUT2D eigenvalue weighted by atomic mass is 16.5. The first kappa shape index (κ1) is 8.92. The van der Waals surface area contributed by atoms with Gasteiger partial charge in [0.25, 0.3) is 0 Å². The number of methoxy groups -OCH3 is 2. The first-order valence-corrected chi connectivity index (χ1v) is 3.12. The van der Waals surface area contributed by atoms with Crippen LogP contribution in [0.3, 0.4) is 0 Å². The summed E-state index contributed by atoms with van der Waals surface area (Å²) in [5.74, 6) is 0.370. The zero-order valence-corrected chi connectivity index (χ0v) is 6.22. The van der Waals surface area contributed by atoms with Crippen molar-refractivity contribution in [3.8, 4) is 0 Å². The van der Waals surface area contributed by atoms with E-state index in [1.807, 2.05) is 0 Å². The van der Waals surface area contributed by atoms with E-state index in [-0.39, 0.29) is 0 Å². The van der Waals surface area contributed by atoms with Gasteiger partial charge >= 0.3 is 0 Å². The van der Waals surface area contributed by atoms with Gasteiger partial charge in [0.2, 0.25) is 0 Å². The Morgan fingerprint density at radius 1 is 1.33 bits per heavy atom. The lowest BCUT2D eigenvalue weighted by Crippen LogP contribution is -2.06. The van der Waals surface area contributed by atoms with Crippen molar-refractivity contribution >= 4 is 0 Å². The Balaban J connectivity index is 2.95. The van der Waals surface area contributed by atoms with Crippen LogP contribution in [0.15, 0.2) is 0 Å². The average molecular weight is 131 g/mol. The van der Waals surface area contributed by atoms with Crippen molar-refractivity contribution in [2.24, 2.45) is 5.92 Å². The third-order valence-electron chi connectivity index (χ3n) is 1.13. The van der Waals surface area contributed by atoms with Crippen LogP contribution in [0.2, 0.25) is 0 Å². The molecule has 0 fully saturated rings. The van der Waals surface area contributed by atoms with Crippen molar-refractivity contribution in [3.63, 3.8) is 0 Å². The molecule has 2 nitrogen and oxygen atoms in total.